The predicted octanol–water partition coefficient (Wildman–Crippen LogP) is 4.69. The van der Waals surface area contributed by atoms with Gasteiger partial charge in [-0.3, -0.25) is 10.1 Å². The average molecular weight is 565 g/mol. The van der Waals surface area contributed by atoms with Gasteiger partial charge in [-0.15, -0.1) is 0 Å². The fourth-order valence-corrected chi connectivity index (χ4v) is 5.82. The van der Waals surface area contributed by atoms with Gasteiger partial charge in [0.25, 0.3) is 0 Å². The van der Waals surface area contributed by atoms with Gasteiger partial charge in [0, 0.05) is 49.2 Å². The third-order valence-corrected chi connectivity index (χ3v) is 8.15. The highest BCUT2D eigenvalue weighted by atomic mass is 32.1. The summed E-state index contributed by atoms with van der Waals surface area (Å²) in [5, 5.41) is 21.3. The topological polar surface area (TPSA) is 137 Å². The molecule has 11 nitrogen and oxygen atoms in total. The van der Waals surface area contributed by atoms with Crippen molar-refractivity contribution in [1.82, 2.24) is 4.98 Å². The summed E-state index contributed by atoms with van der Waals surface area (Å²) >= 11 is 0.720. The van der Waals surface area contributed by atoms with Crippen molar-refractivity contribution in [3.63, 3.8) is 0 Å². The molecule has 2 aromatic heterocycles. The molecule has 4 heterocycles. The number of ether oxygens (including phenoxy) is 4. The Morgan fingerprint density at radius 2 is 1.88 bits per heavy atom. The third-order valence-electron chi connectivity index (χ3n) is 7.04. The predicted molar refractivity (Wildman–Crippen MR) is 147 cm³/mol. The van der Waals surface area contributed by atoms with E-state index in [0.717, 1.165) is 54.1 Å². The van der Waals surface area contributed by atoms with Crippen molar-refractivity contribution in [3.05, 3.63) is 68.1 Å². The van der Waals surface area contributed by atoms with Crippen LogP contribution in [0.1, 0.15) is 45.1 Å². The maximum atomic E-state index is 12.3. The second-order valence-corrected chi connectivity index (χ2v) is 10.4. The largest absolute Gasteiger partial charge is 0.472 e. The van der Waals surface area contributed by atoms with Crippen LogP contribution in [-0.2, 0) is 20.8 Å². The Morgan fingerprint density at radius 3 is 2.52 bits per heavy atom. The minimum absolute atomic E-state index is 0.0761. The molecule has 208 valence electrons. The Balaban J connectivity index is 1.50. The van der Waals surface area contributed by atoms with Crippen LogP contribution in [0.15, 0.2) is 36.4 Å². The molecule has 0 atom stereocenters. The van der Waals surface area contributed by atoms with E-state index < -0.39 is 10.9 Å². The number of pyridine rings is 1. The molecule has 12 heteroatoms. The van der Waals surface area contributed by atoms with Crippen LogP contribution in [0, 0.1) is 21.4 Å². The minimum atomic E-state index is -0.692. The van der Waals surface area contributed by atoms with Crippen LogP contribution < -0.4 is 9.64 Å². The number of morpholine rings is 1. The number of rotatable bonds is 8. The molecule has 0 aliphatic carbocycles. The number of nitrogens with zero attached hydrogens (tertiary/aromatic N) is 4. The van der Waals surface area contributed by atoms with Gasteiger partial charge in [-0.25, -0.2) is 9.78 Å². The average Bonchev–Trinajstić information content (AvgIpc) is 3.45. The van der Waals surface area contributed by atoms with Gasteiger partial charge in [0.2, 0.25) is 5.88 Å². The number of nitriles is 1. The van der Waals surface area contributed by atoms with Crippen molar-refractivity contribution in [1.29, 1.82) is 5.26 Å². The van der Waals surface area contributed by atoms with Crippen LogP contribution in [0.2, 0.25) is 0 Å². The Hall–Kier alpha value is -4.05. The SMILES string of the molecule is COC(=O)c1sc([N+](=O)[O-])cc1COc1nc(-c2ccc(N3CCOCC3)cc2)cc(C2CCOCC2)c1C#N. The summed E-state index contributed by atoms with van der Waals surface area (Å²) in [4.78, 5) is 30.1. The van der Waals surface area contributed by atoms with Crippen LogP contribution >= 0.6 is 11.3 Å². The maximum absolute atomic E-state index is 12.3. The number of benzene rings is 1. The van der Waals surface area contributed by atoms with E-state index in [1.54, 1.807) is 0 Å². The highest BCUT2D eigenvalue weighted by molar-refractivity contribution is 7.17. The molecule has 0 amide bonds. The van der Waals surface area contributed by atoms with Crippen molar-refractivity contribution in [2.75, 3.05) is 51.5 Å². The highest BCUT2D eigenvalue weighted by Gasteiger charge is 2.26. The van der Waals surface area contributed by atoms with E-state index in [-0.39, 0.29) is 28.3 Å². The molecular weight excluding hydrogens is 536 g/mol. The minimum Gasteiger partial charge on any atom is -0.472 e. The van der Waals surface area contributed by atoms with Crippen molar-refractivity contribution in [2.45, 2.75) is 25.4 Å². The molecule has 0 spiro atoms. The molecule has 40 heavy (non-hydrogen) atoms. The molecule has 3 aromatic rings. The first kappa shape index (κ1) is 27.5. The second-order valence-electron chi connectivity index (χ2n) is 9.40. The summed E-state index contributed by atoms with van der Waals surface area (Å²) in [6, 6.07) is 13.6. The summed E-state index contributed by atoms with van der Waals surface area (Å²) in [6.45, 7) is 4.04. The number of thiophene rings is 1. The zero-order valence-electron chi connectivity index (χ0n) is 22.0. The quantitative estimate of drug-likeness (QED) is 0.215. The summed E-state index contributed by atoms with van der Waals surface area (Å²) in [5.41, 5.74) is 4.03. The lowest BCUT2D eigenvalue weighted by Gasteiger charge is -2.29. The van der Waals surface area contributed by atoms with E-state index >= 15 is 0 Å². The van der Waals surface area contributed by atoms with Gasteiger partial charge in [0.1, 0.15) is 23.1 Å². The van der Waals surface area contributed by atoms with E-state index in [2.05, 4.69) is 11.0 Å². The molecule has 0 saturated carbocycles. The van der Waals surface area contributed by atoms with Crippen LogP contribution in [0.3, 0.4) is 0 Å². The number of methoxy groups -OCH3 is 1. The van der Waals surface area contributed by atoms with Crippen LogP contribution in [0.25, 0.3) is 11.3 Å². The normalized spacial score (nSPS) is 15.8. The molecule has 2 aliphatic rings. The molecule has 2 fully saturated rings. The van der Waals surface area contributed by atoms with Gasteiger partial charge in [0.15, 0.2) is 0 Å². The number of hydrogen-bond donors (Lipinski definition) is 0. The number of hydrogen-bond acceptors (Lipinski definition) is 11. The summed E-state index contributed by atoms with van der Waals surface area (Å²) in [5.74, 6) is -0.487. The number of aromatic nitrogens is 1. The zero-order chi connectivity index (χ0) is 28.1. The van der Waals surface area contributed by atoms with Gasteiger partial charge < -0.3 is 23.8 Å². The molecule has 0 radical (unpaired) electrons. The first-order valence-electron chi connectivity index (χ1n) is 12.9. The number of nitro groups is 1. The third kappa shape index (κ3) is 5.91. The first-order valence-corrected chi connectivity index (χ1v) is 13.7. The Bertz CT molecular complexity index is 1420. The zero-order valence-corrected chi connectivity index (χ0v) is 22.8. The summed E-state index contributed by atoms with van der Waals surface area (Å²) in [6.07, 6.45) is 1.52. The number of anilines is 1. The number of carbonyl (C=O) groups excluding carboxylic acids is 1. The molecule has 2 aliphatic heterocycles. The first-order chi connectivity index (χ1) is 19.5. The smallest absolute Gasteiger partial charge is 0.348 e. The lowest BCUT2D eigenvalue weighted by Crippen LogP contribution is -2.36. The highest BCUT2D eigenvalue weighted by Crippen LogP contribution is 2.37. The van der Waals surface area contributed by atoms with E-state index in [9.17, 15) is 20.2 Å². The molecule has 2 saturated heterocycles. The number of esters is 1. The number of carbonyl (C=O) groups is 1. The van der Waals surface area contributed by atoms with Gasteiger partial charge in [-0.1, -0.05) is 23.5 Å². The lowest BCUT2D eigenvalue weighted by molar-refractivity contribution is -0.380. The standard InChI is InChI=1S/C28H28N4O7S/c1-36-28(33)26-20(14-25(40-26)32(34)35)17-39-27-23(16-29)22(18-6-10-37-11-7-18)15-24(30-27)19-2-4-21(5-3-19)31-8-12-38-13-9-31/h2-5,14-15,18H,6-13,17H2,1H3. The van der Waals surface area contributed by atoms with Crippen LogP contribution in [-0.4, -0.2) is 62.5 Å². The molecular formula is C28H28N4O7S. The Labute approximate surface area is 235 Å². The molecule has 1 aromatic carbocycles. The Morgan fingerprint density at radius 1 is 1.18 bits per heavy atom. The lowest BCUT2D eigenvalue weighted by atomic mass is 9.88. The van der Waals surface area contributed by atoms with Gasteiger partial charge in [-0.05, 0) is 42.5 Å². The Kier molecular flexibility index (Phi) is 8.54. The van der Waals surface area contributed by atoms with E-state index in [1.165, 1.54) is 13.2 Å². The maximum Gasteiger partial charge on any atom is 0.348 e. The van der Waals surface area contributed by atoms with E-state index in [1.807, 2.05) is 30.3 Å². The van der Waals surface area contributed by atoms with Crippen molar-refractivity contribution in [2.24, 2.45) is 0 Å². The monoisotopic (exact) mass is 564 g/mol. The van der Waals surface area contributed by atoms with Gasteiger partial charge in [-0.2, -0.15) is 5.26 Å². The summed E-state index contributed by atoms with van der Waals surface area (Å²) in [7, 11) is 1.21. The van der Waals surface area contributed by atoms with E-state index in [4.69, 9.17) is 23.9 Å². The van der Waals surface area contributed by atoms with Crippen molar-refractivity contribution in [3.8, 4) is 23.2 Å². The molecule has 5 rings (SSSR count). The van der Waals surface area contributed by atoms with E-state index in [0.29, 0.717) is 43.2 Å². The molecule has 0 N–H and O–H groups in total. The van der Waals surface area contributed by atoms with Crippen LogP contribution in [0.4, 0.5) is 10.7 Å². The van der Waals surface area contributed by atoms with Crippen molar-refractivity contribution < 1.29 is 28.7 Å². The van der Waals surface area contributed by atoms with Crippen LogP contribution in [0.5, 0.6) is 5.88 Å². The fraction of sp³-hybridized carbons (Fsp3) is 0.393. The van der Waals surface area contributed by atoms with Gasteiger partial charge >= 0.3 is 11.0 Å². The fourth-order valence-electron chi connectivity index (χ4n) is 4.92. The molecule has 0 unspecified atom stereocenters. The second kappa shape index (κ2) is 12.4. The molecule has 0 bridgehead atoms. The van der Waals surface area contributed by atoms with Crippen molar-refractivity contribution >= 4 is 28.0 Å². The summed E-state index contributed by atoms with van der Waals surface area (Å²) < 4.78 is 21.8. The van der Waals surface area contributed by atoms with Gasteiger partial charge in [0.05, 0.1) is 30.9 Å².